The largest absolute Gasteiger partial charge is 1.00 e. The predicted octanol–water partition coefficient (Wildman–Crippen LogP) is 8.31. The van der Waals surface area contributed by atoms with Crippen LogP contribution in [-0.2, 0) is 76.9 Å². The molecule has 2 fully saturated rings. The quantitative estimate of drug-likeness (QED) is 0.137. The average molecular weight is 883 g/mol. The van der Waals surface area contributed by atoms with Crippen molar-refractivity contribution in [3.8, 4) is 0 Å². The van der Waals surface area contributed by atoms with E-state index in [1.54, 1.807) is 0 Å². The van der Waals surface area contributed by atoms with Crippen molar-refractivity contribution in [3.63, 3.8) is 0 Å². The Bertz CT molecular complexity index is 810. The molecule has 296 valence electrons. The topological polar surface area (TPSA) is 73.8 Å². The Kier molecular flexibility index (Phi) is 32.5. The number of rotatable bonds is 0. The van der Waals surface area contributed by atoms with Gasteiger partial charge >= 0.3 is 19.5 Å². The second-order valence-electron chi connectivity index (χ2n) is 14.0. The third-order valence-electron chi connectivity index (χ3n) is 7.68. The summed E-state index contributed by atoms with van der Waals surface area (Å²) in [4.78, 5) is 0. The van der Waals surface area contributed by atoms with E-state index in [9.17, 15) is 0 Å². The van der Waals surface area contributed by atoms with Crippen LogP contribution in [0.3, 0.4) is 0 Å². The van der Waals surface area contributed by atoms with Crippen molar-refractivity contribution in [2.45, 2.75) is 133 Å². The molecule has 6 unspecified atom stereocenters. The maximum absolute atomic E-state index is 5.30. The van der Waals surface area contributed by atoms with Crippen molar-refractivity contribution < 1.29 is 76.9 Å². The summed E-state index contributed by atoms with van der Waals surface area (Å²) in [6.45, 7) is 31.5. The molecule has 0 spiro atoms. The first-order valence-corrected chi connectivity index (χ1v) is 18.1. The van der Waals surface area contributed by atoms with Gasteiger partial charge in [-0.2, -0.15) is 12.8 Å². The van der Waals surface area contributed by atoms with Gasteiger partial charge in [0, 0.05) is 56.7 Å². The fourth-order valence-corrected chi connectivity index (χ4v) is 4.30. The number of hydrogen-bond acceptors (Lipinski definition) is 8. The van der Waals surface area contributed by atoms with Gasteiger partial charge in [0.15, 0.2) is 12.6 Å². The maximum atomic E-state index is 5.30. The summed E-state index contributed by atoms with van der Waals surface area (Å²) in [5.74, 6) is 2.38. The van der Waals surface area contributed by atoms with Crippen molar-refractivity contribution in [1.82, 2.24) is 0 Å². The molecule has 10 heteroatoms. The van der Waals surface area contributed by atoms with E-state index in [0.29, 0.717) is 48.1 Å². The van der Waals surface area contributed by atoms with Crippen molar-refractivity contribution in [3.05, 3.63) is 47.6 Å². The van der Waals surface area contributed by atoms with Crippen molar-refractivity contribution >= 4 is 0 Å². The van der Waals surface area contributed by atoms with E-state index in [-0.39, 0.29) is 51.5 Å². The molecular weight excluding hydrogens is 812 g/mol. The molecule has 0 aliphatic carbocycles. The summed E-state index contributed by atoms with van der Waals surface area (Å²) in [7, 11) is 0. The smallest absolute Gasteiger partial charge is 0.493 e. The van der Waals surface area contributed by atoms with E-state index in [4.69, 9.17) is 37.9 Å². The molecule has 50 heavy (non-hydrogen) atoms. The third kappa shape index (κ3) is 29.4. The van der Waals surface area contributed by atoms with E-state index in [1.807, 2.05) is 27.7 Å². The Morgan fingerprint density at radius 1 is 0.460 bits per heavy atom. The van der Waals surface area contributed by atoms with Gasteiger partial charge in [-0.3, -0.25) is 0 Å². The molecular formula is C40H70O8RhRu-. The van der Waals surface area contributed by atoms with Crippen LogP contribution >= 0.6 is 0 Å². The van der Waals surface area contributed by atoms with Gasteiger partial charge in [0.05, 0.1) is 51.8 Å². The zero-order valence-electron chi connectivity index (χ0n) is 33.1. The fourth-order valence-electron chi connectivity index (χ4n) is 4.30. The van der Waals surface area contributed by atoms with Gasteiger partial charge in [0.2, 0.25) is 0 Å². The van der Waals surface area contributed by atoms with Crippen LogP contribution in [0.25, 0.3) is 0 Å². The van der Waals surface area contributed by atoms with Gasteiger partial charge < -0.3 is 50.0 Å². The Hall–Kier alpha value is -0.113. The summed E-state index contributed by atoms with van der Waals surface area (Å²) in [6.07, 6.45) is 18.5. The van der Waals surface area contributed by atoms with Crippen molar-refractivity contribution in [1.29, 1.82) is 0 Å². The van der Waals surface area contributed by atoms with Crippen LogP contribution in [0.5, 0.6) is 0 Å². The maximum Gasteiger partial charge on any atom is 1.00 e. The van der Waals surface area contributed by atoms with E-state index in [1.165, 1.54) is 11.1 Å². The summed E-state index contributed by atoms with van der Waals surface area (Å²) >= 11 is 0. The van der Waals surface area contributed by atoms with Gasteiger partial charge in [0.1, 0.15) is 0 Å². The zero-order chi connectivity index (χ0) is 35.9. The van der Waals surface area contributed by atoms with Crippen LogP contribution in [0.1, 0.15) is 95.9 Å². The van der Waals surface area contributed by atoms with Crippen LogP contribution in [-0.4, -0.2) is 89.9 Å². The molecule has 8 nitrogen and oxygen atoms in total. The third-order valence-corrected chi connectivity index (χ3v) is 7.68. The first-order valence-electron chi connectivity index (χ1n) is 18.1. The molecule has 0 saturated carbocycles. The molecule has 6 aliphatic heterocycles. The minimum Gasteiger partial charge on any atom is -0.493 e. The molecule has 6 rings (SSSR count). The van der Waals surface area contributed by atoms with E-state index in [2.05, 4.69) is 91.8 Å². The van der Waals surface area contributed by atoms with Gasteiger partial charge in [-0.1, -0.05) is 65.8 Å². The minimum absolute atomic E-state index is 0. The second kappa shape index (κ2) is 31.3. The predicted molar refractivity (Wildman–Crippen MR) is 193 cm³/mol. The second-order valence-corrected chi connectivity index (χ2v) is 14.0. The van der Waals surface area contributed by atoms with Crippen molar-refractivity contribution in [2.75, 3.05) is 52.9 Å². The van der Waals surface area contributed by atoms with Gasteiger partial charge in [-0.25, -0.2) is 11.1 Å². The standard InChI is InChI=1S/2C7H12O.2C7H11O.2C6H12O2.Rh.Ru/c4*1-6-3-4-7(2)8-5-6;2*1-5-3-7-6(2)8-4-5;;/h2*3-4,6-7H,5H2,1-2H3;2*7H,4-5H2,1-2H3;2*5-6H,3-4H2,1-2H3;;/q;;2*-1;;;;+1. The van der Waals surface area contributed by atoms with Crippen LogP contribution in [0.15, 0.2) is 35.5 Å². The fraction of sp³-hybridized carbons (Fsp3) is 0.800. The molecule has 6 aliphatic rings. The first-order chi connectivity index (χ1) is 22.7. The number of ether oxygens (including phenoxy) is 8. The van der Waals surface area contributed by atoms with Gasteiger partial charge in [-0.15, -0.1) is 0 Å². The zero-order valence-corrected chi connectivity index (χ0v) is 36.5. The molecule has 0 aromatic heterocycles. The van der Waals surface area contributed by atoms with Crippen LogP contribution < -0.4 is 0 Å². The first kappa shape index (κ1) is 52.0. The van der Waals surface area contributed by atoms with Crippen LogP contribution in [0.4, 0.5) is 0 Å². The average Bonchev–Trinajstić information content (AvgIpc) is 3.07. The van der Waals surface area contributed by atoms with E-state index in [0.717, 1.165) is 65.7 Å². The van der Waals surface area contributed by atoms with Crippen LogP contribution in [0, 0.1) is 35.8 Å². The summed E-state index contributed by atoms with van der Waals surface area (Å²) in [6, 6.07) is 0. The summed E-state index contributed by atoms with van der Waals surface area (Å²) in [5, 5.41) is 0. The van der Waals surface area contributed by atoms with E-state index < -0.39 is 0 Å². The SMILES string of the molecule is CC1=[C-]CC(C)OC1.CC1=[C-]CC(C)OC1.CC1C=CC(C)OC1.CC1C=CC(C)OC1.CC1COC(C)OC1.CC1COC(C)OC1.[Rh].[Ru+]. The Balaban J connectivity index is 0. The Morgan fingerprint density at radius 2 is 0.780 bits per heavy atom. The normalized spacial score (nSPS) is 34.3. The molecule has 0 aromatic carbocycles. The molecule has 0 N–H and O–H groups in total. The van der Waals surface area contributed by atoms with E-state index >= 15 is 0 Å². The van der Waals surface area contributed by atoms with Gasteiger partial charge in [0.25, 0.3) is 0 Å². The Morgan fingerprint density at radius 3 is 0.960 bits per heavy atom. The molecule has 0 bridgehead atoms. The van der Waals surface area contributed by atoms with Crippen molar-refractivity contribution in [2.24, 2.45) is 23.7 Å². The molecule has 6 heterocycles. The minimum atomic E-state index is 0. The molecule has 6 atom stereocenters. The molecule has 0 amide bonds. The number of hydrogen-bond donors (Lipinski definition) is 0. The molecule has 2 saturated heterocycles. The Labute approximate surface area is 332 Å². The molecule has 0 aromatic rings. The monoisotopic (exact) mass is 883 g/mol. The van der Waals surface area contributed by atoms with Gasteiger partial charge in [-0.05, 0) is 53.4 Å². The summed E-state index contributed by atoms with van der Waals surface area (Å²) in [5.41, 5.74) is 2.48. The van der Waals surface area contributed by atoms with Crippen LogP contribution in [0.2, 0.25) is 0 Å². The molecule has 2 radical (unpaired) electrons. The summed E-state index contributed by atoms with van der Waals surface area (Å²) < 4.78 is 41.9.